The molecule has 0 amide bonds. The zero-order chi connectivity index (χ0) is 16.4. The lowest BCUT2D eigenvalue weighted by Gasteiger charge is -1.94. The fourth-order valence-corrected chi connectivity index (χ4v) is 2.64. The van der Waals surface area contributed by atoms with E-state index >= 15 is 0 Å². The summed E-state index contributed by atoms with van der Waals surface area (Å²) < 4.78 is 16.3. The second kappa shape index (κ2) is 6.50. The molecule has 0 aliphatic rings. The first-order valence-electron chi connectivity index (χ1n) is 6.86. The van der Waals surface area contributed by atoms with Crippen molar-refractivity contribution in [2.24, 2.45) is 0 Å². The Hall–Kier alpha value is -2.58. The minimum Gasteiger partial charge on any atom is -0.459 e. The standard InChI is InChI=1S/C15H9ClN4O3S/c16-10-5-3-9(4-6-10)13-18-20-15(23-13)24-8-12-17-19-14(22-12)11-2-1-7-21-11/h1-7H,8H2. The number of rotatable bonds is 5. The van der Waals surface area contributed by atoms with E-state index in [0.29, 0.717) is 39.4 Å². The number of halogens is 1. The topological polar surface area (TPSA) is 91.0 Å². The average Bonchev–Trinajstić information content (AvgIpc) is 3.34. The number of hydrogen-bond donors (Lipinski definition) is 0. The molecule has 9 heteroatoms. The lowest BCUT2D eigenvalue weighted by atomic mass is 10.2. The SMILES string of the molecule is Clc1ccc(-c2nnc(SCc3nnc(-c4ccco4)o3)o2)cc1. The Bertz CT molecular complexity index is 934. The van der Waals surface area contributed by atoms with Gasteiger partial charge in [-0.15, -0.1) is 20.4 Å². The van der Waals surface area contributed by atoms with Gasteiger partial charge in [-0.1, -0.05) is 23.4 Å². The van der Waals surface area contributed by atoms with Crippen molar-refractivity contribution in [3.05, 3.63) is 53.6 Å². The van der Waals surface area contributed by atoms with Crippen LogP contribution in [0.1, 0.15) is 5.89 Å². The predicted octanol–water partition coefficient (Wildman–Crippen LogP) is 4.33. The van der Waals surface area contributed by atoms with E-state index in [9.17, 15) is 0 Å². The highest BCUT2D eigenvalue weighted by Crippen LogP contribution is 2.27. The number of thioether (sulfide) groups is 1. The van der Waals surface area contributed by atoms with Crippen molar-refractivity contribution in [1.29, 1.82) is 0 Å². The summed E-state index contributed by atoms with van der Waals surface area (Å²) in [6, 6.07) is 10.7. The summed E-state index contributed by atoms with van der Waals surface area (Å²) in [7, 11) is 0. The summed E-state index contributed by atoms with van der Waals surface area (Å²) in [6.45, 7) is 0. The highest BCUT2D eigenvalue weighted by atomic mass is 35.5. The molecule has 4 aromatic rings. The summed E-state index contributed by atoms with van der Waals surface area (Å²) in [5.41, 5.74) is 0.802. The van der Waals surface area contributed by atoms with E-state index in [1.54, 1.807) is 30.5 Å². The average molecular weight is 361 g/mol. The molecule has 0 spiro atoms. The molecule has 0 N–H and O–H groups in total. The van der Waals surface area contributed by atoms with Crippen molar-refractivity contribution in [3.8, 4) is 23.1 Å². The maximum atomic E-state index is 5.86. The van der Waals surface area contributed by atoms with Gasteiger partial charge >= 0.3 is 0 Å². The van der Waals surface area contributed by atoms with Crippen molar-refractivity contribution < 1.29 is 13.3 Å². The van der Waals surface area contributed by atoms with Gasteiger partial charge in [-0.25, -0.2) is 0 Å². The van der Waals surface area contributed by atoms with Gasteiger partial charge in [0, 0.05) is 10.6 Å². The van der Waals surface area contributed by atoms with Crippen LogP contribution in [0.5, 0.6) is 0 Å². The first-order chi connectivity index (χ1) is 11.8. The highest BCUT2D eigenvalue weighted by Gasteiger charge is 2.14. The molecule has 7 nitrogen and oxygen atoms in total. The molecule has 3 aromatic heterocycles. The molecule has 0 atom stereocenters. The van der Waals surface area contributed by atoms with Gasteiger partial charge in [0.05, 0.1) is 12.0 Å². The third-order valence-corrected chi connectivity index (χ3v) is 4.07. The number of hydrogen-bond acceptors (Lipinski definition) is 8. The van der Waals surface area contributed by atoms with Crippen LogP contribution in [0.15, 0.2) is 61.1 Å². The Balaban J connectivity index is 1.42. The van der Waals surface area contributed by atoms with Gasteiger partial charge in [-0.3, -0.25) is 0 Å². The van der Waals surface area contributed by atoms with Gasteiger partial charge in [0.25, 0.3) is 11.1 Å². The maximum absolute atomic E-state index is 5.86. The summed E-state index contributed by atoms with van der Waals surface area (Å²) in [5.74, 6) is 2.15. The lowest BCUT2D eigenvalue weighted by molar-refractivity contribution is 0.463. The molecule has 4 rings (SSSR count). The van der Waals surface area contributed by atoms with E-state index < -0.39 is 0 Å². The van der Waals surface area contributed by atoms with Crippen LogP contribution in [-0.2, 0) is 5.75 Å². The molecule has 0 aliphatic carbocycles. The van der Waals surface area contributed by atoms with Crippen LogP contribution < -0.4 is 0 Å². The van der Waals surface area contributed by atoms with Gasteiger partial charge in [0.2, 0.25) is 11.8 Å². The molecule has 120 valence electrons. The van der Waals surface area contributed by atoms with Gasteiger partial charge in [-0.2, -0.15) is 0 Å². The third kappa shape index (κ3) is 3.19. The Morgan fingerprint density at radius 3 is 2.54 bits per heavy atom. The first kappa shape index (κ1) is 15.0. The Kier molecular flexibility index (Phi) is 4.06. The fourth-order valence-electron chi connectivity index (χ4n) is 1.91. The summed E-state index contributed by atoms with van der Waals surface area (Å²) in [5, 5.41) is 17.0. The van der Waals surface area contributed by atoms with Crippen molar-refractivity contribution in [1.82, 2.24) is 20.4 Å². The van der Waals surface area contributed by atoms with Crippen LogP contribution in [-0.4, -0.2) is 20.4 Å². The fraction of sp³-hybridized carbons (Fsp3) is 0.0667. The number of benzene rings is 1. The van der Waals surface area contributed by atoms with Gasteiger partial charge in [0.15, 0.2) is 5.76 Å². The van der Waals surface area contributed by atoms with E-state index in [4.69, 9.17) is 24.9 Å². The second-order valence-electron chi connectivity index (χ2n) is 4.65. The zero-order valence-corrected chi connectivity index (χ0v) is 13.6. The number of nitrogens with zero attached hydrogens (tertiary/aromatic N) is 4. The van der Waals surface area contributed by atoms with Gasteiger partial charge < -0.3 is 13.3 Å². The second-order valence-corrected chi connectivity index (χ2v) is 6.01. The monoisotopic (exact) mass is 360 g/mol. The molecular weight excluding hydrogens is 352 g/mol. The number of aromatic nitrogens is 4. The lowest BCUT2D eigenvalue weighted by Crippen LogP contribution is -1.80. The van der Waals surface area contributed by atoms with E-state index in [1.807, 2.05) is 12.1 Å². The highest BCUT2D eigenvalue weighted by molar-refractivity contribution is 7.98. The van der Waals surface area contributed by atoms with E-state index in [0.717, 1.165) is 5.56 Å². The first-order valence-corrected chi connectivity index (χ1v) is 8.23. The van der Waals surface area contributed by atoms with E-state index in [2.05, 4.69) is 20.4 Å². The molecule has 0 aliphatic heterocycles. The quantitative estimate of drug-likeness (QED) is 0.486. The van der Waals surface area contributed by atoms with E-state index in [1.165, 1.54) is 11.8 Å². The molecule has 0 bridgehead atoms. The zero-order valence-electron chi connectivity index (χ0n) is 12.0. The maximum Gasteiger partial charge on any atom is 0.283 e. The minimum atomic E-state index is 0.336. The van der Waals surface area contributed by atoms with Crippen molar-refractivity contribution in [3.63, 3.8) is 0 Å². The predicted molar refractivity (Wildman–Crippen MR) is 86.3 cm³/mol. The van der Waals surface area contributed by atoms with Crippen molar-refractivity contribution in [2.45, 2.75) is 11.0 Å². The number of furan rings is 1. The molecular formula is C15H9ClN4O3S. The molecule has 0 saturated carbocycles. The smallest absolute Gasteiger partial charge is 0.283 e. The molecule has 0 unspecified atom stereocenters. The summed E-state index contributed by atoms with van der Waals surface area (Å²) in [4.78, 5) is 0. The molecule has 0 saturated heterocycles. The van der Waals surface area contributed by atoms with Crippen LogP contribution in [0.4, 0.5) is 0 Å². The minimum absolute atomic E-state index is 0.336. The molecule has 0 radical (unpaired) electrons. The normalized spacial score (nSPS) is 11.0. The largest absolute Gasteiger partial charge is 0.459 e. The van der Waals surface area contributed by atoms with Gasteiger partial charge in [0.1, 0.15) is 0 Å². The summed E-state index contributed by atoms with van der Waals surface area (Å²) >= 11 is 7.17. The van der Waals surface area contributed by atoms with Crippen LogP contribution in [0.3, 0.4) is 0 Å². The molecule has 24 heavy (non-hydrogen) atoms. The molecule has 1 aromatic carbocycles. The van der Waals surface area contributed by atoms with Crippen LogP contribution in [0, 0.1) is 0 Å². The van der Waals surface area contributed by atoms with Gasteiger partial charge in [-0.05, 0) is 36.4 Å². The van der Waals surface area contributed by atoms with Crippen molar-refractivity contribution in [2.75, 3.05) is 0 Å². The van der Waals surface area contributed by atoms with E-state index in [-0.39, 0.29) is 0 Å². The Labute approximate surface area is 145 Å². The third-order valence-electron chi connectivity index (χ3n) is 3.02. The van der Waals surface area contributed by atoms with Crippen LogP contribution in [0.25, 0.3) is 23.1 Å². The van der Waals surface area contributed by atoms with Crippen molar-refractivity contribution >= 4 is 23.4 Å². The Morgan fingerprint density at radius 2 is 1.75 bits per heavy atom. The molecule has 0 fully saturated rings. The summed E-state index contributed by atoms with van der Waals surface area (Å²) in [6.07, 6.45) is 1.55. The molecule has 3 heterocycles. The Morgan fingerprint density at radius 1 is 0.917 bits per heavy atom. The van der Waals surface area contributed by atoms with Crippen LogP contribution in [0.2, 0.25) is 5.02 Å². The van der Waals surface area contributed by atoms with Crippen LogP contribution >= 0.6 is 23.4 Å².